The van der Waals surface area contributed by atoms with Crippen LogP contribution >= 0.6 is 0 Å². The number of ether oxygens (including phenoxy) is 1. The van der Waals surface area contributed by atoms with E-state index >= 15 is 0 Å². The van der Waals surface area contributed by atoms with Crippen LogP contribution in [-0.4, -0.2) is 43.9 Å². The summed E-state index contributed by atoms with van der Waals surface area (Å²) in [5.41, 5.74) is 1.70. The van der Waals surface area contributed by atoms with Crippen LogP contribution in [0.25, 0.3) is 0 Å². The summed E-state index contributed by atoms with van der Waals surface area (Å²) in [6.07, 6.45) is 1.56. The molecule has 2 aromatic rings. The molecule has 8 nitrogen and oxygen atoms in total. The van der Waals surface area contributed by atoms with Gasteiger partial charge in [0.2, 0.25) is 0 Å². The van der Waals surface area contributed by atoms with Crippen LogP contribution in [0, 0.1) is 13.8 Å². The van der Waals surface area contributed by atoms with E-state index in [1.807, 2.05) is 0 Å². The zero-order valence-electron chi connectivity index (χ0n) is 12.7. The van der Waals surface area contributed by atoms with E-state index in [2.05, 4.69) is 25.2 Å². The van der Waals surface area contributed by atoms with Gasteiger partial charge < -0.3 is 10.1 Å². The van der Waals surface area contributed by atoms with Gasteiger partial charge in [-0.3, -0.25) is 9.82 Å². The Morgan fingerprint density at radius 3 is 2.64 bits per heavy atom. The molecule has 22 heavy (non-hydrogen) atoms. The first-order chi connectivity index (χ1) is 10.4. The molecule has 2 aromatic heterocycles. The predicted molar refractivity (Wildman–Crippen MR) is 83.5 cm³/mol. The second-order valence-corrected chi connectivity index (χ2v) is 6.34. The van der Waals surface area contributed by atoms with Crippen molar-refractivity contribution >= 4 is 21.5 Å². The number of rotatable bonds is 7. The maximum absolute atomic E-state index is 12.4. The van der Waals surface area contributed by atoms with Crippen molar-refractivity contribution in [1.29, 1.82) is 0 Å². The number of pyridine rings is 1. The van der Waals surface area contributed by atoms with Crippen LogP contribution in [0.2, 0.25) is 0 Å². The second-order valence-electron chi connectivity index (χ2n) is 4.72. The van der Waals surface area contributed by atoms with Crippen LogP contribution in [0.3, 0.4) is 0 Å². The van der Waals surface area contributed by atoms with Gasteiger partial charge in [-0.1, -0.05) is 0 Å². The normalized spacial score (nSPS) is 11.4. The van der Waals surface area contributed by atoms with Crippen molar-refractivity contribution in [2.45, 2.75) is 18.7 Å². The molecule has 0 fully saturated rings. The molecule has 3 N–H and O–H groups in total. The number of nitrogens with one attached hydrogen (secondary N) is 3. The van der Waals surface area contributed by atoms with Crippen LogP contribution in [0.5, 0.6) is 0 Å². The van der Waals surface area contributed by atoms with Gasteiger partial charge in [-0.25, -0.2) is 13.4 Å². The summed E-state index contributed by atoms with van der Waals surface area (Å²) in [7, 11) is -2.09. The largest absolute Gasteiger partial charge is 0.383 e. The van der Waals surface area contributed by atoms with E-state index in [-0.39, 0.29) is 10.7 Å². The minimum Gasteiger partial charge on any atom is -0.383 e. The van der Waals surface area contributed by atoms with Crippen LogP contribution < -0.4 is 10.0 Å². The number of sulfonamides is 1. The van der Waals surface area contributed by atoms with Gasteiger partial charge in [-0.2, -0.15) is 5.10 Å². The predicted octanol–water partition coefficient (Wildman–Crippen LogP) is 1.28. The summed E-state index contributed by atoms with van der Waals surface area (Å²) in [5, 5.41) is 9.65. The number of H-pyrrole nitrogens is 1. The number of aryl methyl sites for hydroxylation is 2. The smallest absolute Gasteiger partial charge is 0.266 e. The third-order valence-electron chi connectivity index (χ3n) is 2.97. The summed E-state index contributed by atoms with van der Waals surface area (Å²) in [6, 6.07) is 3.34. The highest BCUT2D eigenvalue weighted by molar-refractivity contribution is 7.92. The zero-order valence-corrected chi connectivity index (χ0v) is 13.5. The average Bonchev–Trinajstić information content (AvgIpc) is 2.81. The first-order valence-corrected chi connectivity index (χ1v) is 8.15. The molecule has 0 bridgehead atoms. The lowest BCUT2D eigenvalue weighted by atomic mass is 10.4. The van der Waals surface area contributed by atoms with Crippen LogP contribution in [-0.2, 0) is 14.8 Å². The van der Waals surface area contributed by atoms with Crippen molar-refractivity contribution in [1.82, 2.24) is 15.2 Å². The molecule has 0 saturated heterocycles. The maximum atomic E-state index is 12.4. The van der Waals surface area contributed by atoms with E-state index in [4.69, 9.17) is 4.74 Å². The molecule has 0 saturated carbocycles. The average molecular weight is 325 g/mol. The Labute approximate surface area is 129 Å². The molecule has 0 aromatic carbocycles. The molecule has 0 unspecified atom stereocenters. The van der Waals surface area contributed by atoms with Crippen LogP contribution in [0.1, 0.15) is 11.4 Å². The van der Waals surface area contributed by atoms with Crippen molar-refractivity contribution < 1.29 is 13.2 Å². The van der Waals surface area contributed by atoms with Crippen molar-refractivity contribution in [3.8, 4) is 0 Å². The molecule has 0 aliphatic heterocycles. The molecule has 0 spiro atoms. The van der Waals surface area contributed by atoms with E-state index in [1.165, 1.54) is 0 Å². The van der Waals surface area contributed by atoms with E-state index in [1.54, 1.807) is 39.3 Å². The fraction of sp³-hybridized carbons (Fsp3) is 0.385. The fourth-order valence-electron chi connectivity index (χ4n) is 1.98. The molecular weight excluding hydrogens is 306 g/mol. The SMILES string of the molecule is COCCNc1ccc(NS(=O)(=O)c2c(C)n[nH]c2C)nc1. The van der Waals surface area contributed by atoms with Gasteiger partial charge in [-0.15, -0.1) is 0 Å². The summed E-state index contributed by atoms with van der Waals surface area (Å²) in [5.74, 6) is 0.247. The minimum atomic E-state index is -3.71. The standard InChI is InChI=1S/C13H19N5O3S/c1-9-13(10(2)17-16-9)22(19,20)18-12-5-4-11(8-15-12)14-6-7-21-3/h4-5,8,14H,6-7H2,1-3H3,(H,15,18)(H,16,17). The number of hydrogen-bond donors (Lipinski definition) is 3. The van der Waals surface area contributed by atoms with Gasteiger partial charge in [0, 0.05) is 13.7 Å². The summed E-state index contributed by atoms with van der Waals surface area (Å²) < 4.78 is 32.1. The van der Waals surface area contributed by atoms with Crippen molar-refractivity contribution in [2.75, 3.05) is 30.3 Å². The zero-order chi connectivity index (χ0) is 16.2. The Hall–Kier alpha value is -2.13. The molecule has 0 aliphatic carbocycles. The lowest BCUT2D eigenvalue weighted by Crippen LogP contribution is -2.15. The number of aromatic amines is 1. The van der Waals surface area contributed by atoms with Gasteiger partial charge in [-0.05, 0) is 26.0 Å². The van der Waals surface area contributed by atoms with Crippen LogP contribution in [0.15, 0.2) is 23.2 Å². The van der Waals surface area contributed by atoms with Crippen molar-refractivity contribution in [3.63, 3.8) is 0 Å². The molecule has 9 heteroatoms. The van der Waals surface area contributed by atoms with E-state index in [9.17, 15) is 8.42 Å². The van der Waals surface area contributed by atoms with Gasteiger partial charge in [0.05, 0.1) is 29.9 Å². The molecule has 0 amide bonds. The third kappa shape index (κ3) is 3.74. The van der Waals surface area contributed by atoms with Gasteiger partial charge in [0.15, 0.2) is 0 Å². The quantitative estimate of drug-likeness (QED) is 0.662. The van der Waals surface area contributed by atoms with Gasteiger partial charge in [0.25, 0.3) is 10.0 Å². The summed E-state index contributed by atoms with van der Waals surface area (Å²) in [4.78, 5) is 4.24. The Morgan fingerprint density at radius 1 is 1.32 bits per heavy atom. The monoisotopic (exact) mass is 325 g/mol. The molecule has 2 rings (SSSR count). The molecule has 0 radical (unpaired) electrons. The minimum absolute atomic E-state index is 0.150. The Morgan fingerprint density at radius 2 is 2.09 bits per heavy atom. The third-order valence-corrected chi connectivity index (χ3v) is 4.58. The molecule has 0 aliphatic rings. The number of anilines is 2. The van der Waals surface area contributed by atoms with Crippen molar-refractivity contribution in [2.24, 2.45) is 0 Å². The lowest BCUT2D eigenvalue weighted by molar-refractivity contribution is 0.211. The van der Waals surface area contributed by atoms with Gasteiger partial charge >= 0.3 is 0 Å². The van der Waals surface area contributed by atoms with Crippen LogP contribution in [0.4, 0.5) is 11.5 Å². The first kappa shape index (κ1) is 16.2. The molecule has 2 heterocycles. The lowest BCUT2D eigenvalue weighted by Gasteiger charge is -2.09. The van der Waals surface area contributed by atoms with Gasteiger partial charge in [0.1, 0.15) is 10.7 Å². The van der Waals surface area contributed by atoms with E-state index < -0.39 is 10.0 Å². The highest BCUT2D eigenvalue weighted by Crippen LogP contribution is 2.20. The Balaban J connectivity index is 2.10. The Kier molecular flexibility index (Phi) is 4.99. The second kappa shape index (κ2) is 6.75. The summed E-state index contributed by atoms with van der Waals surface area (Å²) >= 11 is 0. The first-order valence-electron chi connectivity index (χ1n) is 6.67. The maximum Gasteiger partial charge on any atom is 0.266 e. The molecular formula is C13H19N5O3S. The number of methoxy groups -OCH3 is 1. The fourth-order valence-corrected chi connectivity index (χ4v) is 3.36. The number of nitrogens with zero attached hydrogens (tertiary/aromatic N) is 2. The highest BCUT2D eigenvalue weighted by Gasteiger charge is 2.22. The number of aromatic nitrogens is 3. The molecule has 0 atom stereocenters. The highest BCUT2D eigenvalue weighted by atomic mass is 32.2. The topological polar surface area (TPSA) is 109 Å². The number of hydrogen-bond acceptors (Lipinski definition) is 6. The van der Waals surface area contributed by atoms with E-state index in [0.717, 1.165) is 5.69 Å². The molecule has 120 valence electrons. The van der Waals surface area contributed by atoms with Crippen molar-refractivity contribution in [3.05, 3.63) is 29.7 Å². The summed E-state index contributed by atoms with van der Waals surface area (Å²) in [6.45, 7) is 4.52. The Bertz CT molecular complexity index is 705. The van der Waals surface area contributed by atoms with E-state index in [0.29, 0.717) is 24.5 Å².